The molecule has 1 amide bonds. The molecular weight excluding hydrogens is 392 g/mol. The van der Waals surface area contributed by atoms with E-state index in [1.165, 1.54) is 0 Å². The summed E-state index contributed by atoms with van der Waals surface area (Å²) in [7, 11) is 0. The summed E-state index contributed by atoms with van der Waals surface area (Å²) in [5, 5.41) is 3.95. The van der Waals surface area contributed by atoms with Gasteiger partial charge in [0.15, 0.2) is 6.61 Å². The SMILES string of the molecule is O=C(COc1ccccc1-c1ccccc1)N/N=C\c1cccc(Br)c1. The van der Waals surface area contributed by atoms with E-state index in [-0.39, 0.29) is 12.5 Å². The molecule has 5 heteroatoms. The van der Waals surface area contributed by atoms with E-state index in [1.54, 1.807) is 6.21 Å². The number of para-hydroxylation sites is 1. The van der Waals surface area contributed by atoms with E-state index in [9.17, 15) is 4.79 Å². The fraction of sp³-hybridized carbons (Fsp3) is 0.0476. The fourth-order valence-electron chi connectivity index (χ4n) is 2.39. The number of hydrogen-bond donors (Lipinski definition) is 1. The van der Waals surface area contributed by atoms with Gasteiger partial charge in [-0.05, 0) is 29.3 Å². The maximum Gasteiger partial charge on any atom is 0.277 e. The average molecular weight is 409 g/mol. The van der Waals surface area contributed by atoms with Crippen LogP contribution in [0.25, 0.3) is 11.1 Å². The average Bonchev–Trinajstić information content (AvgIpc) is 2.67. The maximum absolute atomic E-state index is 12.0. The zero-order valence-corrected chi connectivity index (χ0v) is 15.5. The summed E-state index contributed by atoms with van der Waals surface area (Å²) in [4.78, 5) is 12.0. The van der Waals surface area contributed by atoms with Gasteiger partial charge in [-0.25, -0.2) is 5.43 Å². The van der Waals surface area contributed by atoms with Gasteiger partial charge in [-0.15, -0.1) is 0 Å². The van der Waals surface area contributed by atoms with Crippen molar-refractivity contribution in [2.75, 3.05) is 6.61 Å². The standard InChI is InChI=1S/C21H17BrN2O2/c22-18-10-6-7-16(13-18)14-23-24-21(25)15-26-20-12-5-4-11-19(20)17-8-2-1-3-9-17/h1-14H,15H2,(H,24,25)/b23-14-. The molecule has 0 aliphatic rings. The first-order valence-corrected chi connectivity index (χ1v) is 8.86. The third-order valence-electron chi connectivity index (χ3n) is 3.58. The van der Waals surface area contributed by atoms with Gasteiger partial charge in [-0.1, -0.05) is 76.6 Å². The number of hydrazone groups is 1. The number of hydrogen-bond acceptors (Lipinski definition) is 3. The van der Waals surface area contributed by atoms with Crippen molar-refractivity contribution < 1.29 is 9.53 Å². The lowest BCUT2D eigenvalue weighted by molar-refractivity contribution is -0.123. The summed E-state index contributed by atoms with van der Waals surface area (Å²) in [6.07, 6.45) is 1.58. The highest BCUT2D eigenvalue weighted by molar-refractivity contribution is 9.10. The molecule has 0 saturated carbocycles. The van der Waals surface area contributed by atoms with E-state index in [0.29, 0.717) is 5.75 Å². The Morgan fingerprint density at radius 3 is 2.58 bits per heavy atom. The van der Waals surface area contributed by atoms with Gasteiger partial charge in [0.25, 0.3) is 5.91 Å². The highest BCUT2D eigenvalue weighted by atomic mass is 79.9. The Morgan fingerprint density at radius 2 is 1.77 bits per heavy atom. The molecule has 0 unspecified atom stereocenters. The molecule has 0 bridgehead atoms. The Hall–Kier alpha value is -2.92. The van der Waals surface area contributed by atoms with Crippen molar-refractivity contribution in [3.63, 3.8) is 0 Å². The second kappa shape index (κ2) is 8.97. The maximum atomic E-state index is 12.0. The van der Waals surface area contributed by atoms with Crippen LogP contribution in [0.5, 0.6) is 5.75 Å². The van der Waals surface area contributed by atoms with Crippen molar-refractivity contribution in [3.05, 3.63) is 88.9 Å². The Bertz CT molecular complexity index is 911. The largest absolute Gasteiger partial charge is 0.483 e. The van der Waals surface area contributed by atoms with Crippen LogP contribution in [0, 0.1) is 0 Å². The lowest BCUT2D eigenvalue weighted by atomic mass is 10.1. The Kier molecular flexibility index (Phi) is 6.17. The Labute approximate surface area is 160 Å². The Balaban J connectivity index is 1.58. The number of nitrogens with zero attached hydrogens (tertiary/aromatic N) is 1. The summed E-state index contributed by atoms with van der Waals surface area (Å²) in [6.45, 7) is -0.111. The summed E-state index contributed by atoms with van der Waals surface area (Å²) < 4.78 is 6.63. The lowest BCUT2D eigenvalue weighted by Crippen LogP contribution is -2.24. The van der Waals surface area contributed by atoms with E-state index < -0.39 is 0 Å². The van der Waals surface area contributed by atoms with Crippen LogP contribution in [0.1, 0.15) is 5.56 Å². The molecule has 130 valence electrons. The summed E-state index contributed by atoms with van der Waals surface area (Å²) in [6, 6.07) is 25.2. The van der Waals surface area contributed by atoms with Crippen molar-refractivity contribution in [1.82, 2.24) is 5.43 Å². The minimum Gasteiger partial charge on any atom is -0.483 e. The second-order valence-corrected chi connectivity index (χ2v) is 6.41. The van der Waals surface area contributed by atoms with E-state index >= 15 is 0 Å². The van der Waals surface area contributed by atoms with Gasteiger partial charge in [0, 0.05) is 10.0 Å². The van der Waals surface area contributed by atoms with Crippen LogP contribution >= 0.6 is 15.9 Å². The third-order valence-corrected chi connectivity index (χ3v) is 4.08. The zero-order valence-electron chi connectivity index (χ0n) is 13.9. The molecule has 0 radical (unpaired) electrons. The molecule has 0 saturated heterocycles. The first kappa shape index (κ1) is 17.9. The third kappa shape index (κ3) is 5.04. The molecule has 3 rings (SSSR count). The molecule has 0 atom stereocenters. The van der Waals surface area contributed by atoms with Crippen molar-refractivity contribution in [2.45, 2.75) is 0 Å². The van der Waals surface area contributed by atoms with Crippen LogP contribution in [-0.2, 0) is 4.79 Å². The van der Waals surface area contributed by atoms with Crippen LogP contribution in [0.15, 0.2) is 88.4 Å². The molecule has 0 heterocycles. The van der Waals surface area contributed by atoms with Gasteiger partial charge >= 0.3 is 0 Å². The number of benzene rings is 3. The summed E-state index contributed by atoms with van der Waals surface area (Å²) in [5.41, 5.74) is 5.34. The number of amides is 1. The summed E-state index contributed by atoms with van der Waals surface area (Å²) >= 11 is 3.39. The number of halogens is 1. The quantitative estimate of drug-likeness (QED) is 0.476. The smallest absolute Gasteiger partial charge is 0.277 e. The van der Waals surface area contributed by atoms with Crippen LogP contribution in [-0.4, -0.2) is 18.7 Å². The minimum atomic E-state index is -0.320. The first-order chi connectivity index (χ1) is 12.7. The molecule has 0 aliphatic carbocycles. The van der Waals surface area contributed by atoms with Crippen molar-refractivity contribution >= 4 is 28.1 Å². The number of carbonyl (C=O) groups is 1. The predicted molar refractivity (Wildman–Crippen MR) is 107 cm³/mol. The van der Waals surface area contributed by atoms with Gasteiger partial charge in [0.1, 0.15) is 5.75 Å². The molecule has 3 aromatic rings. The highest BCUT2D eigenvalue weighted by Gasteiger charge is 2.07. The molecule has 0 aromatic heterocycles. The Morgan fingerprint density at radius 1 is 1.00 bits per heavy atom. The minimum absolute atomic E-state index is 0.111. The molecule has 26 heavy (non-hydrogen) atoms. The number of carbonyl (C=O) groups excluding carboxylic acids is 1. The van der Waals surface area contributed by atoms with Crippen LogP contribution in [0.4, 0.5) is 0 Å². The fourth-order valence-corrected chi connectivity index (χ4v) is 2.81. The van der Waals surface area contributed by atoms with E-state index in [4.69, 9.17) is 4.74 Å². The van der Waals surface area contributed by atoms with Gasteiger partial charge in [0.2, 0.25) is 0 Å². The second-order valence-electron chi connectivity index (χ2n) is 5.50. The number of rotatable bonds is 6. The van der Waals surface area contributed by atoms with Crippen molar-refractivity contribution in [1.29, 1.82) is 0 Å². The van der Waals surface area contributed by atoms with E-state index in [1.807, 2.05) is 78.9 Å². The lowest BCUT2D eigenvalue weighted by Gasteiger charge is -2.10. The molecule has 0 spiro atoms. The zero-order chi connectivity index (χ0) is 18.2. The van der Waals surface area contributed by atoms with Crippen molar-refractivity contribution in [3.8, 4) is 16.9 Å². The monoisotopic (exact) mass is 408 g/mol. The van der Waals surface area contributed by atoms with Crippen molar-refractivity contribution in [2.24, 2.45) is 5.10 Å². The van der Waals surface area contributed by atoms with E-state index in [2.05, 4.69) is 26.5 Å². The van der Waals surface area contributed by atoms with Gasteiger partial charge < -0.3 is 4.74 Å². The predicted octanol–water partition coefficient (Wildman–Crippen LogP) is 4.65. The van der Waals surface area contributed by atoms with Crippen LogP contribution in [0.2, 0.25) is 0 Å². The molecule has 0 aliphatic heterocycles. The van der Waals surface area contributed by atoms with Gasteiger partial charge in [-0.2, -0.15) is 5.10 Å². The molecule has 0 fully saturated rings. The molecular formula is C21H17BrN2O2. The topological polar surface area (TPSA) is 50.7 Å². The van der Waals surface area contributed by atoms with E-state index in [0.717, 1.165) is 21.2 Å². The summed E-state index contributed by atoms with van der Waals surface area (Å²) in [5.74, 6) is 0.337. The molecule has 3 aromatic carbocycles. The molecule has 1 N–H and O–H groups in total. The number of ether oxygens (including phenoxy) is 1. The van der Waals surface area contributed by atoms with Gasteiger partial charge in [0.05, 0.1) is 6.21 Å². The number of nitrogens with one attached hydrogen (secondary N) is 1. The first-order valence-electron chi connectivity index (χ1n) is 8.07. The highest BCUT2D eigenvalue weighted by Crippen LogP contribution is 2.29. The van der Waals surface area contributed by atoms with Crippen LogP contribution in [0.3, 0.4) is 0 Å². The van der Waals surface area contributed by atoms with Gasteiger partial charge in [-0.3, -0.25) is 4.79 Å². The van der Waals surface area contributed by atoms with Crippen LogP contribution < -0.4 is 10.2 Å². The normalized spacial score (nSPS) is 10.7. The molecule has 4 nitrogen and oxygen atoms in total.